The Hall–Kier alpha value is -3.60. The number of benzene rings is 4. The maximum Gasteiger partial charge on any atom is 0.124 e. The maximum atomic E-state index is 10.0. The van der Waals surface area contributed by atoms with Gasteiger partial charge in [0.15, 0.2) is 0 Å². The molecule has 0 bridgehead atoms. The zero-order valence-electron chi connectivity index (χ0n) is 18.2. The molecule has 4 nitrogen and oxygen atoms in total. The van der Waals surface area contributed by atoms with Crippen molar-refractivity contribution in [3.8, 4) is 22.6 Å². The molecule has 0 radical (unpaired) electrons. The molecule has 0 amide bonds. The lowest BCUT2D eigenvalue weighted by Gasteiger charge is -2.04. The first-order valence-corrected chi connectivity index (χ1v) is 11.7. The second-order valence-electron chi connectivity index (χ2n) is 7.66. The summed E-state index contributed by atoms with van der Waals surface area (Å²) in [6.07, 6.45) is 3.27. The fraction of sp³-hybridized carbons (Fsp3) is 0.0714. The molecule has 0 saturated heterocycles. The molecule has 170 valence electrons. The van der Waals surface area contributed by atoms with Crippen LogP contribution >= 0.6 is 23.2 Å². The Morgan fingerprint density at radius 1 is 0.559 bits per heavy atom. The van der Waals surface area contributed by atoms with E-state index in [1.165, 1.54) is 0 Å². The van der Waals surface area contributed by atoms with Crippen molar-refractivity contribution < 1.29 is 10.2 Å². The summed E-state index contributed by atoms with van der Waals surface area (Å²) in [7, 11) is 0. The van der Waals surface area contributed by atoms with Crippen molar-refractivity contribution in [1.82, 2.24) is 0 Å². The van der Waals surface area contributed by atoms with Crippen LogP contribution in [0.15, 0.2) is 94.9 Å². The van der Waals surface area contributed by atoms with Crippen molar-refractivity contribution in [1.29, 1.82) is 0 Å². The number of phenols is 2. The van der Waals surface area contributed by atoms with Crippen LogP contribution in [-0.4, -0.2) is 22.6 Å². The second-order valence-corrected chi connectivity index (χ2v) is 8.20. The fourth-order valence-electron chi connectivity index (χ4n) is 3.35. The van der Waals surface area contributed by atoms with E-state index in [-0.39, 0.29) is 11.5 Å². The SMILES string of the molecule is Oc1ccc(CCl)cc1C=Nc1ccc(-c2ccc(N=Cc3cc(CCl)ccc3O)cc2)cc1. The summed E-state index contributed by atoms with van der Waals surface area (Å²) in [5.74, 6) is 1.09. The lowest BCUT2D eigenvalue weighted by molar-refractivity contribution is 0.474. The Morgan fingerprint density at radius 3 is 1.29 bits per heavy atom. The Labute approximate surface area is 208 Å². The molecule has 2 N–H and O–H groups in total. The highest BCUT2D eigenvalue weighted by atomic mass is 35.5. The van der Waals surface area contributed by atoms with Gasteiger partial charge in [0.2, 0.25) is 0 Å². The van der Waals surface area contributed by atoms with Crippen molar-refractivity contribution in [3.05, 3.63) is 107 Å². The number of aromatic hydroxyl groups is 2. The second kappa shape index (κ2) is 11.0. The monoisotopic (exact) mass is 488 g/mol. The summed E-state index contributed by atoms with van der Waals surface area (Å²) in [5, 5.41) is 20.0. The lowest BCUT2D eigenvalue weighted by atomic mass is 10.1. The molecule has 0 atom stereocenters. The van der Waals surface area contributed by atoms with Crippen LogP contribution in [0.4, 0.5) is 11.4 Å². The van der Waals surface area contributed by atoms with Gasteiger partial charge in [-0.2, -0.15) is 0 Å². The van der Waals surface area contributed by atoms with E-state index in [4.69, 9.17) is 23.2 Å². The van der Waals surface area contributed by atoms with Crippen LogP contribution in [0.5, 0.6) is 11.5 Å². The van der Waals surface area contributed by atoms with E-state index in [1.807, 2.05) is 60.7 Å². The van der Waals surface area contributed by atoms with E-state index in [0.29, 0.717) is 22.9 Å². The maximum absolute atomic E-state index is 10.0. The van der Waals surface area contributed by atoms with Crippen LogP contribution in [-0.2, 0) is 11.8 Å². The number of alkyl halides is 2. The number of halogens is 2. The normalized spacial score (nSPS) is 11.5. The minimum atomic E-state index is 0.166. The predicted molar refractivity (Wildman–Crippen MR) is 142 cm³/mol. The van der Waals surface area contributed by atoms with Crippen LogP contribution < -0.4 is 0 Å². The first-order chi connectivity index (χ1) is 16.6. The Morgan fingerprint density at radius 2 is 0.941 bits per heavy atom. The van der Waals surface area contributed by atoms with E-state index in [0.717, 1.165) is 33.6 Å². The molecule has 0 saturated carbocycles. The first-order valence-electron chi connectivity index (χ1n) is 10.6. The standard InChI is InChI=1S/C28H22Cl2N2O2/c29-15-19-1-11-27(33)23(13-19)17-31-25-7-3-21(4-8-25)22-5-9-26(10-6-22)32-18-24-14-20(16-30)2-12-28(24)34/h1-14,17-18,33-34H,15-16H2. The van der Waals surface area contributed by atoms with Gasteiger partial charge >= 0.3 is 0 Å². The number of hydrogen-bond acceptors (Lipinski definition) is 4. The smallest absolute Gasteiger partial charge is 0.124 e. The van der Waals surface area contributed by atoms with Crippen LogP contribution in [0.2, 0.25) is 0 Å². The van der Waals surface area contributed by atoms with Gasteiger partial charge in [-0.3, -0.25) is 9.98 Å². The highest BCUT2D eigenvalue weighted by Crippen LogP contribution is 2.26. The predicted octanol–water partition coefficient (Wildman–Crippen LogP) is 7.74. The summed E-state index contributed by atoms with van der Waals surface area (Å²) in [6.45, 7) is 0. The average molecular weight is 489 g/mol. The molecular weight excluding hydrogens is 467 g/mol. The number of phenolic OH excluding ortho intramolecular Hbond substituents is 2. The third-order valence-electron chi connectivity index (χ3n) is 5.27. The van der Waals surface area contributed by atoms with E-state index in [2.05, 4.69) is 9.98 Å². The van der Waals surface area contributed by atoms with Gasteiger partial charge in [-0.25, -0.2) is 0 Å². The van der Waals surface area contributed by atoms with Gasteiger partial charge in [0, 0.05) is 35.3 Å². The minimum absolute atomic E-state index is 0.166. The van der Waals surface area contributed by atoms with Crippen LogP contribution in [0.3, 0.4) is 0 Å². The fourth-order valence-corrected chi connectivity index (χ4v) is 3.68. The molecule has 0 aliphatic carbocycles. The van der Waals surface area contributed by atoms with Gasteiger partial charge in [-0.15, -0.1) is 23.2 Å². The van der Waals surface area contributed by atoms with E-state index in [9.17, 15) is 10.2 Å². The zero-order valence-corrected chi connectivity index (χ0v) is 19.7. The Kier molecular flexibility index (Phi) is 7.63. The Balaban J connectivity index is 1.45. The van der Waals surface area contributed by atoms with Crippen LogP contribution in [0, 0.1) is 0 Å². The number of nitrogens with zero attached hydrogens (tertiary/aromatic N) is 2. The molecule has 0 aromatic heterocycles. The molecular formula is C28H22Cl2N2O2. The van der Waals surface area contributed by atoms with Crippen molar-refractivity contribution in [2.24, 2.45) is 9.98 Å². The lowest BCUT2D eigenvalue weighted by Crippen LogP contribution is -1.86. The van der Waals surface area contributed by atoms with E-state index < -0.39 is 0 Å². The van der Waals surface area contributed by atoms with E-state index in [1.54, 1.807) is 36.7 Å². The summed E-state index contributed by atoms with van der Waals surface area (Å²) in [6, 6.07) is 26.1. The molecule has 0 unspecified atom stereocenters. The first kappa shape index (κ1) is 23.6. The minimum Gasteiger partial charge on any atom is -0.507 e. The van der Waals surface area contributed by atoms with Crippen molar-refractivity contribution >= 4 is 47.0 Å². The molecule has 34 heavy (non-hydrogen) atoms. The topological polar surface area (TPSA) is 65.2 Å². The number of hydrogen-bond donors (Lipinski definition) is 2. The molecule has 4 aromatic carbocycles. The Bertz CT molecular complexity index is 1230. The van der Waals surface area contributed by atoms with Gasteiger partial charge < -0.3 is 10.2 Å². The zero-order chi connectivity index (χ0) is 23.9. The quantitative estimate of drug-likeness (QED) is 0.206. The molecule has 4 rings (SSSR count). The van der Waals surface area contributed by atoms with Gasteiger partial charge in [0.25, 0.3) is 0 Å². The molecule has 0 fully saturated rings. The molecule has 6 heteroatoms. The van der Waals surface area contributed by atoms with E-state index >= 15 is 0 Å². The summed E-state index contributed by atoms with van der Waals surface area (Å²) in [5.41, 5.74) is 6.75. The van der Waals surface area contributed by atoms with Gasteiger partial charge in [-0.1, -0.05) is 36.4 Å². The average Bonchev–Trinajstić information content (AvgIpc) is 2.88. The van der Waals surface area contributed by atoms with Gasteiger partial charge in [0.1, 0.15) is 11.5 Å². The highest BCUT2D eigenvalue weighted by Gasteiger charge is 2.03. The summed E-state index contributed by atoms with van der Waals surface area (Å²) < 4.78 is 0. The molecule has 0 heterocycles. The molecule has 0 spiro atoms. The third-order valence-corrected chi connectivity index (χ3v) is 5.88. The molecule has 0 aliphatic heterocycles. The summed E-state index contributed by atoms with van der Waals surface area (Å²) >= 11 is 11.7. The summed E-state index contributed by atoms with van der Waals surface area (Å²) in [4.78, 5) is 8.92. The van der Waals surface area contributed by atoms with Crippen molar-refractivity contribution in [3.63, 3.8) is 0 Å². The molecule has 4 aromatic rings. The van der Waals surface area contributed by atoms with Gasteiger partial charge in [-0.05, 0) is 70.8 Å². The van der Waals surface area contributed by atoms with Crippen molar-refractivity contribution in [2.45, 2.75) is 11.8 Å². The third kappa shape index (κ3) is 5.84. The van der Waals surface area contributed by atoms with Crippen LogP contribution in [0.25, 0.3) is 11.1 Å². The number of aliphatic imine (C=N–C) groups is 2. The van der Waals surface area contributed by atoms with Gasteiger partial charge in [0.05, 0.1) is 11.4 Å². The van der Waals surface area contributed by atoms with Crippen molar-refractivity contribution in [2.75, 3.05) is 0 Å². The number of rotatable bonds is 7. The molecule has 0 aliphatic rings. The largest absolute Gasteiger partial charge is 0.507 e. The highest BCUT2D eigenvalue weighted by molar-refractivity contribution is 6.17. The van der Waals surface area contributed by atoms with Crippen LogP contribution in [0.1, 0.15) is 22.3 Å².